The van der Waals surface area contributed by atoms with E-state index >= 15 is 0 Å². The molecule has 0 aliphatic heterocycles. The summed E-state index contributed by atoms with van der Waals surface area (Å²) < 4.78 is 0. The molecule has 2 heteroatoms. The Hall–Kier alpha value is -1.18. The summed E-state index contributed by atoms with van der Waals surface area (Å²) in [5, 5.41) is 2.90. The van der Waals surface area contributed by atoms with Crippen molar-refractivity contribution in [3.8, 4) is 0 Å². The van der Waals surface area contributed by atoms with Gasteiger partial charge in [0.05, 0.1) is 0 Å². The van der Waals surface area contributed by atoms with E-state index in [-0.39, 0.29) is 6.54 Å². The zero-order valence-corrected chi connectivity index (χ0v) is 8.37. The van der Waals surface area contributed by atoms with Gasteiger partial charge in [-0.15, -0.1) is 0 Å². The van der Waals surface area contributed by atoms with Crippen molar-refractivity contribution in [3.63, 3.8) is 0 Å². The second kappa shape index (κ2) is 4.17. The zero-order chi connectivity index (χ0) is 9.84. The first kappa shape index (κ1) is 9.90. The Labute approximate surface area is 79.0 Å². The van der Waals surface area contributed by atoms with Crippen molar-refractivity contribution in [3.05, 3.63) is 39.8 Å². The maximum atomic E-state index is 10.1. The van der Waals surface area contributed by atoms with E-state index in [0.29, 0.717) is 5.92 Å². The summed E-state index contributed by atoms with van der Waals surface area (Å²) in [7, 11) is 0. The van der Waals surface area contributed by atoms with E-state index in [1.54, 1.807) is 0 Å². The molecule has 0 aliphatic rings. The van der Waals surface area contributed by atoms with Crippen molar-refractivity contribution < 1.29 is 0 Å². The average Bonchev–Trinajstić information content (AvgIpc) is 2.03. The number of benzene rings is 1. The molecular weight excluding hydrogens is 162 g/mol. The molecular formula is C11H15NO. The third kappa shape index (κ3) is 2.65. The summed E-state index contributed by atoms with van der Waals surface area (Å²) in [4.78, 5) is 10.1. The lowest BCUT2D eigenvalue weighted by Gasteiger charge is -2.08. The third-order valence-electron chi connectivity index (χ3n) is 2.07. The molecule has 0 spiro atoms. The van der Waals surface area contributed by atoms with Crippen LogP contribution in [0.2, 0.25) is 0 Å². The minimum atomic E-state index is 0.279. The van der Waals surface area contributed by atoms with Crippen LogP contribution in [0.5, 0.6) is 0 Å². The number of hydrogen-bond donors (Lipinski definition) is 0. The van der Waals surface area contributed by atoms with Gasteiger partial charge in [-0.3, -0.25) is 0 Å². The van der Waals surface area contributed by atoms with Crippen LogP contribution in [-0.4, -0.2) is 0 Å². The van der Waals surface area contributed by atoms with Crippen molar-refractivity contribution in [2.45, 2.75) is 33.2 Å². The minimum absolute atomic E-state index is 0.279. The quantitative estimate of drug-likeness (QED) is 0.651. The predicted octanol–water partition coefficient (Wildman–Crippen LogP) is 3.38. The van der Waals surface area contributed by atoms with Crippen molar-refractivity contribution in [2.24, 2.45) is 5.18 Å². The number of nitroso groups, excluding NO2 is 1. The molecule has 0 radical (unpaired) electrons. The van der Waals surface area contributed by atoms with E-state index in [0.717, 1.165) is 5.56 Å². The van der Waals surface area contributed by atoms with Crippen LogP contribution in [0.25, 0.3) is 0 Å². The molecule has 0 amide bonds. The van der Waals surface area contributed by atoms with E-state index < -0.39 is 0 Å². The number of aryl methyl sites for hydroxylation is 1. The summed E-state index contributed by atoms with van der Waals surface area (Å²) in [6, 6.07) is 6.21. The van der Waals surface area contributed by atoms with Crippen LogP contribution in [0, 0.1) is 11.8 Å². The fourth-order valence-corrected chi connectivity index (χ4v) is 1.39. The van der Waals surface area contributed by atoms with Gasteiger partial charge in [0.25, 0.3) is 0 Å². The monoisotopic (exact) mass is 177 g/mol. The molecule has 1 rings (SSSR count). The zero-order valence-electron chi connectivity index (χ0n) is 8.37. The molecule has 0 aliphatic carbocycles. The Morgan fingerprint density at radius 1 is 1.31 bits per heavy atom. The topological polar surface area (TPSA) is 29.4 Å². The molecule has 0 saturated heterocycles. The lowest BCUT2D eigenvalue weighted by Crippen LogP contribution is -1.91. The molecule has 0 N–H and O–H groups in total. The molecule has 0 unspecified atom stereocenters. The first-order chi connectivity index (χ1) is 6.13. The molecule has 2 nitrogen and oxygen atoms in total. The fourth-order valence-electron chi connectivity index (χ4n) is 1.39. The van der Waals surface area contributed by atoms with E-state index in [9.17, 15) is 4.91 Å². The molecule has 13 heavy (non-hydrogen) atoms. The highest BCUT2D eigenvalue weighted by molar-refractivity contribution is 5.31. The summed E-state index contributed by atoms with van der Waals surface area (Å²) in [6.45, 7) is 6.61. The van der Waals surface area contributed by atoms with Crippen LogP contribution >= 0.6 is 0 Å². The van der Waals surface area contributed by atoms with E-state index in [2.05, 4.69) is 31.2 Å². The molecule has 0 bridgehead atoms. The van der Waals surface area contributed by atoms with Crippen LogP contribution in [0.4, 0.5) is 0 Å². The summed E-state index contributed by atoms with van der Waals surface area (Å²) in [6.07, 6.45) is 0. The largest absolute Gasteiger partial charge is 0.150 e. The SMILES string of the molecule is Cc1cc(CN=O)cc(C(C)C)c1. The second-order valence-corrected chi connectivity index (χ2v) is 3.69. The van der Waals surface area contributed by atoms with Crippen molar-refractivity contribution in [1.82, 2.24) is 0 Å². The third-order valence-corrected chi connectivity index (χ3v) is 2.07. The first-order valence-corrected chi connectivity index (χ1v) is 4.53. The number of nitrogens with zero attached hydrogens (tertiary/aromatic N) is 1. The average molecular weight is 177 g/mol. The Morgan fingerprint density at radius 3 is 2.54 bits per heavy atom. The highest BCUT2D eigenvalue weighted by Gasteiger charge is 2.02. The van der Waals surface area contributed by atoms with E-state index in [4.69, 9.17) is 0 Å². The fraction of sp³-hybridized carbons (Fsp3) is 0.455. The molecule has 0 aromatic heterocycles. The lowest BCUT2D eigenvalue weighted by atomic mass is 9.98. The van der Waals surface area contributed by atoms with Gasteiger partial charge >= 0.3 is 0 Å². The number of rotatable bonds is 3. The van der Waals surface area contributed by atoms with Crippen LogP contribution in [0.1, 0.15) is 36.5 Å². The molecule has 70 valence electrons. The van der Waals surface area contributed by atoms with Gasteiger partial charge in [-0.1, -0.05) is 42.8 Å². The predicted molar refractivity (Wildman–Crippen MR) is 54.8 cm³/mol. The smallest absolute Gasteiger partial charge is 0.106 e. The second-order valence-electron chi connectivity index (χ2n) is 3.69. The van der Waals surface area contributed by atoms with Gasteiger partial charge in [0, 0.05) is 0 Å². The Bertz CT molecular complexity index is 305. The lowest BCUT2D eigenvalue weighted by molar-refractivity contribution is 0.859. The molecule has 0 atom stereocenters. The highest BCUT2D eigenvalue weighted by Crippen LogP contribution is 2.18. The van der Waals surface area contributed by atoms with Gasteiger partial charge in [-0.25, -0.2) is 0 Å². The van der Waals surface area contributed by atoms with E-state index in [1.165, 1.54) is 11.1 Å². The molecule has 0 heterocycles. The van der Waals surface area contributed by atoms with Crippen molar-refractivity contribution in [1.29, 1.82) is 0 Å². The maximum absolute atomic E-state index is 10.1. The Morgan fingerprint density at radius 2 is 2.00 bits per heavy atom. The van der Waals surface area contributed by atoms with Gasteiger partial charge < -0.3 is 0 Å². The van der Waals surface area contributed by atoms with Gasteiger partial charge in [-0.05, 0) is 24.0 Å². The van der Waals surface area contributed by atoms with E-state index in [1.807, 2.05) is 13.0 Å². The standard InChI is InChI=1S/C11H15NO/c1-8(2)11-5-9(3)4-10(6-11)7-12-13/h4-6,8H,7H2,1-3H3. The van der Waals surface area contributed by atoms with Crippen LogP contribution in [0.3, 0.4) is 0 Å². The van der Waals surface area contributed by atoms with Gasteiger partial charge in [0.2, 0.25) is 0 Å². The van der Waals surface area contributed by atoms with Crippen LogP contribution in [0.15, 0.2) is 23.4 Å². The minimum Gasteiger partial charge on any atom is -0.150 e. The molecule has 0 saturated carbocycles. The Kier molecular flexibility index (Phi) is 3.18. The van der Waals surface area contributed by atoms with Gasteiger partial charge in [0.1, 0.15) is 6.54 Å². The highest BCUT2D eigenvalue weighted by atomic mass is 16.3. The van der Waals surface area contributed by atoms with Crippen LogP contribution < -0.4 is 0 Å². The normalized spacial score (nSPS) is 10.5. The maximum Gasteiger partial charge on any atom is 0.106 e. The summed E-state index contributed by atoms with van der Waals surface area (Å²) in [5.74, 6) is 0.505. The van der Waals surface area contributed by atoms with Crippen molar-refractivity contribution >= 4 is 0 Å². The summed E-state index contributed by atoms with van der Waals surface area (Å²) >= 11 is 0. The van der Waals surface area contributed by atoms with Crippen LogP contribution in [-0.2, 0) is 6.54 Å². The van der Waals surface area contributed by atoms with Gasteiger partial charge in [0.15, 0.2) is 0 Å². The van der Waals surface area contributed by atoms with Gasteiger partial charge in [-0.2, -0.15) is 4.91 Å². The summed E-state index contributed by atoms with van der Waals surface area (Å²) in [5.41, 5.74) is 3.49. The van der Waals surface area contributed by atoms with Crippen molar-refractivity contribution in [2.75, 3.05) is 0 Å². The first-order valence-electron chi connectivity index (χ1n) is 4.53. The molecule has 1 aromatic rings. The number of hydrogen-bond acceptors (Lipinski definition) is 2. The molecule has 1 aromatic carbocycles. The molecule has 0 fully saturated rings. The Balaban J connectivity index is 3.03.